The first-order chi connectivity index (χ1) is 10.8. The Balaban J connectivity index is 1.72. The first-order valence-corrected chi connectivity index (χ1v) is 8.65. The monoisotopic (exact) mass is 326 g/mol. The summed E-state index contributed by atoms with van der Waals surface area (Å²) < 4.78 is 11.3. The molecule has 0 bridgehead atoms. The van der Waals surface area contributed by atoms with E-state index in [1.807, 2.05) is 7.05 Å². The highest BCUT2D eigenvalue weighted by atomic mass is 16.5. The molecule has 1 saturated heterocycles. The Labute approximate surface area is 141 Å². The molecule has 0 aromatic carbocycles. The van der Waals surface area contributed by atoms with Gasteiger partial charge in [-0.05, 0) is 20.3 Å². The first kappa shape index (κ1) is 18.5. The van der Waals surface area contributed by atoms with E-state index >= 15 is 0 Å². The Morgan fingerprint density at radius 3 is 2.65 bits per heavy atom. The zero-order valence-corrected chi connectivity index (χ0v) is 15.6. The summed E-state index contributed by atoms with van der Waals surface area (Å²) in [4.78, 5) is 6.79. The molecule has 2 aliphatic rings. The molecule has 1 aliphatic heterocycles. The second-order valence-corrected chi connectivity index (χ2v) is 7.86. The van der Waals surface area contributed by atoms with E-state index in [0.717, 1.165) is 45.2 Å². The quantitative estimate of drug-likeness (QED) is 0.585. The van der Waals surface area contributed by atoms with Gasteiger partial charge in [0.05, 0.1) is 18.3 Å². The minimum Gasteiger partial charge on any atom is -0.381 e. The van der Waals surface area contributed by atoms with Crippen LogP contribution >= 0.6 is 0 Å². The lowest BCUT2D eigenvalue weighted by Crippen LogP contribution is -2.63. The molecule has 6 heteroatoms. The molecule has 6 nitrogen and oxygen atoms in total. The summed E-state index contributed by atoms with van der Waals surface area (Å²) in [6.45, 7) is 13.5. The summed E-state index contributed by atoms with van der Waals surface area (Å²) in [7, 11) is 3.62. The van der Waals surface area contributed by atoms with Gasteiger partial charge in [-0.1, -0.05) is 13.8 Å². The van der Waals surface area contributed by atoms with Crippen LogP contribution in [0.4, 0.5) is 0 Å². The zero-order valence-electron chi connectivity index (χ0n) is 15.6. The van der Waals surface area contributed by atoms with Crippen LogP contribution in [-0.4, -0.2) is 75.5 Å². The maximum atomic E-state index is 5.75. The number of hydrogen-bond donors (Lipinski definition) is 2. The van der Waals surface area contributed by atoms with E-state index < -0.39 is 0 Å². The van der Waals surface area contributed by atoms with Crippen molar-refractivity contribution in [2.45, 2.75) is 51.9 Å². The van der Waals surface area contributed by atoms with Crippen molar-refractivity contribution in [3.8, 4) is 0 Å². The minimum atomic E-state index is -0.0384. The molecule has 0 radical (unpaired) electrons. The fraction of sp³-hybridized carbons (Fsp3) is 0.941. The van der Waals surface area contributed by atoms with Crippen molar-refractivity contribution in [2.24, 2.45) is 10.4 Å². The Morgan fingerprint density at radius 2 is 2.09 bits per heavy atom. The topological polar surface area (TPSA) is 58.1 Å². The number of hydrogen-bond acceptors (Lipinski definition) is 4. The van der Waals surface area contributed by atoms with E-state index in [1.54, 1.807) is 7.11 Å². The molecule has 2 N–H and O–H groups in total. The summed E-state index contributed by atoms with van der Waals surface area (Å²) in [5.41, 5.74) is 0.101. The highest BCUT2D eigenvalue weighted by molar-refractivity contribution is 5.80. The number of nitrogens with zero attached hydrogens (tertiary/aromatic N) is 2. The van der Waals surface area contributed by atoms with Crippen molar-refractivity contribution in [2.75, 3.05) is 46.9 Å². The van der Waals surface area contributed by atoms with Crippen LogP contribution in [0.5, 0.6) is 0 Å². The number of rotatable bonds is 5. The molecule has 1 heterocycles. The van der Waals surface area contributed by atoms with Crippen molar-refractivity contribution in [1.29, 1.82) is 0 Å². The summed E-state index contributed by atoms with van der Waals surface area (Å²) in [5, 5.41) is 6.96. The van der Waals surface area contributed by atoms with Gasteiger partial charge in [-0.3, -0.25) is 9.89 Å². The summed E-state index contributed by atoms with van der Waals surface area (Å²) >= 11 is 0. The fourth-order valence-corrected chi connectivity index (χ4v) is 3.53. The van der Waals surface area contributed by atoms with E-state index in [-0.39, 0.29) is 11.0 Å². The average molecular weight is 326 g/mol. The van der Waals surface area contributed by atoms with E-state index in [1.165, 1.54) is 0 Å². The lowest BCUT2D eigenvalue weighted by molar-refractivity contribution is -0.0923. The molecular weight excluding hydrogens is 292 g/mol. The van der Waals surface area contributed by atoms with Gasteiger partial charge in [0.25, 0.3) is 0 Å². The molecule has 2 atom stereocenters. The number of morpholine rings is 1. The molecule has 0 amide bonds. The van der Waals surface area contributed by atoms with Crippen molar-refractivity contribution in [3.05, 3.63) is 0 Å². The zero-order chi connectivity index (χ0) is 17.1. The van der Waals surface area contributed by atoms with Crippen LogP contribution < -0.4 is 10.6 Å². The predicted molar refractivity (Wildman–Crippen MR) is 94.0 cm³/mol. The number of nitrogens with one attached hydrogen (secondary N) is 2. The smallest absolute Gasteiger partial charge is 0.191 e. The SMILES string of the molecule is CN=C(NCCN1CCOC(C)(C)C1)NC1CC(OC)C1(C)C. The third-order valence-electron chi connectivity index (χ3n) is 5.22. The van der Waals surface area contributed by atoms with Gasteiger partial charge < -0.3 is 20.1 Å². The number of guanidine groups is 1. The number of aliphatic imine (C=N–C) groups is 1. The Kier molecular flexibility index (Phi) is 5.92. The molecule has 2 fully saturated rings. The average Bonchev–Trinajstić information content (AvgIpc) is 2.48. The van der Waals surface area contributed by atoms with E-state index in [9.17, 15) is 0 Å². The standard InChI is InChI=1S/C17H34N4O2/c1-16(2)12-21(9-10-23-16)8-7-19-15(18-5)20-13-11-14(22-6)17(13,3)4/h13-14H,7-12H2,1-6H3,(H2,18,19,20). The molecule has 2 unspecified atom stereocenters. The Hall–Kier alpha value is -0.850. The van der Waals surface area contributed by atoms with E-state index in [4.69, 9.17) is 9.47 Å². The van der Waals surface area contributed by atoms with Crippen LogP contribution in [0.2, 0.25) is 0 Å². The second-order valence-electron chi connectivity index (χ2n) is 7.86. The first-order valence-electron chi connectivity index (χ1n) is 8.65. The van der Waals surface area contributed by atoms with Gasteiger partial charge in [0.1, 0.15) is 0 Å². The third-order valence-corrected chi connectivity index (χ3v) is 5.22. The molecule has 23 heavy (non-hydrogen) atoms. The minimum absolute atomic E-state index is 0.0384. The van der Waals surface area contributed by atoms with Crippen LogP contribution in [0.3, 0.4) is 0 Å². The Morgan fingerprint density at radius 1 is 1.35 bits per heavy atom. The number of methoxy groups -OCH3 is 1. The van der Waals surface area contributed by atoms with Crippen LogP contribution in [0.1, 0.15) is 34.1 Å². The summed E-state index contributed by atoms with van der Waals surface area (Å²) in [6, 6.07) is 0.404. The molecule has 2 rings (SSSR count). The summed E-state index contributed by atoms with van der Waals surface area (Å²) in [6.07, 6.45) is 1.36. The lowest BCUT2D eigenvalue weighted by atomic mass is 9.64. The van der Waals surface area contributed by atoms with Crippen LogP contribution in [0.25, 0.3) is 0 Å². The van der Waals surface area contributed by atoms with Gasteiger partial charge in [-0.15, -0.1) is 0 Å². The molecule has 1 aliphatic carbocycles. The lowest BCUT2D eigenvalue weighted by Gasteiger charge is -2.51. The highest BCUT2D eigenvalue weighted by Crippen LogP contribution is 2.42. The second kappa shape index (κ2) is 7.36. The number of ether oxygens (including phenoxy) is 2. The van der Waals surface area contributed by atoms with Crippen molar-refractivity contribution < 1.29 is 9.47 Å². The maximum Gasteiger partial charge on any atom is 0.191 e. The molecule has 0 aromatic heterocycles. The molecule has 0 aromatic rings. The van der Waals surface area contributed by atoms with Gasteiger partial charge in [-0.2, -0.15) is 0 Å². The summed E-state index contributed by atoms with van der Waals surface area (Å²) in [5.74, 6) is 0.880. The molecule has 1 saturated carbocycles. The molecule has 134 valence electrons. The van der Waals surface area contributed by atoms with Crippen molar-refractivity contribution >= 4 is 5.96 Å². The van der Waals surface area contributed by atoms with E-state index in [0.29, 0.717) is 12.1 Å². The largest absolute Gasteiger partial charge is 0.381 e. The Bertz CT molecular complexity index is 423. The molecule has 0 spiro atoms. The molecular formula is C17H34N4O2. The van der Waals surface area contributed by atoms with E-state index in [2.05, 4.69) is 48.2 Å². The van der Waals surface area contributed by atoms with Gasteiger partial charge in [0, 0.05) is 51.8 Å². The van der Waals surface area contributed by atoms with Gasteiger partial charge in [-0.25, -0.2) is 0 Å². The fourth-order valence-electron chi connectivity index (χ4n) is 3.53. The predicted octanol–water partition coefficient (Wildman–Crippen LogP) is 1.08. The highest BCUT2D eigenvalue weighted by Gasteiger charge is 2.48. The van der Waals surface area contributed by atoms with Gasteiger partial charge in [0.15, 0.2) is 5.96 Å². The van der Waals surface area contributed by atoms with Crippen LogP contribution in [0, 0.1) is 5.41 Å². The van der Waals surface area contributed by atoms with Crippen molar-refractivity contribution in [1.82, 2.24) is 15.5 Å². The third kappa shape index (κ3) is 4.58. The maximum absolute atomic E-state index is 5.75. The van der Waals surface area contributed by atoms with Gasteiger partial charge >= 0.3 is 0 Å². The normalized spacial score (nSPS) is 30.6. The van der Waals surface area contributed by atoms with Crippen LogP contribution in [0.15, 0.2) is 4.99 Å². The van der Waals surface area contributed by atoms with Crippen molar-refractivity contribution in [3.63, 3.8) is 0 Å². The van der Waals surface area contributed by atoms with Gasteiger partial charge in [0.2, 0.25) is 0 Å². The van der Waals surface area contributed by atoms with Crippen LogP contribution in [-0.2, 0) is 9.47 Å².